The van der Waals surface area contributed by atoms with Gasteiger partial charge >= 0.3 is 5.97 Å². The number of pyridine rings is 1. The van der Waals surface area contributed by atoms with Crippen LogP contribution in [-0.4, -0.2) is 18.1 Å². The number of carbonyl (C=O) groups is 1. The van der Waals surface area contributed by atoms with E-state index in [-0.39, 0.29) is 5.52 Å². The molecule has 1 aromatic carbocycles. The van der Waals surface area contributed by atoms with E-state index in [0.29, 0.717) is 15.4 Å². The Morgan fingerprint density at radius 2 is 2.25 bits per heavy atom. The minimum absolute atomic E-state index is 0.224. The highest BCUT2D eigenvalue weighted by Crippen LogP contribution is 2.25. The summed E-state index contributed by atoms with van der Waals surface area (Å²) in [6.45, 7) is 0. The lowest BCUT2D eigenvalue weighted by Crippen LogP contribution is -2.02. The predicted molar refractivity (Wildman–Crippen MR) is 60.7 cm³/mol. The molecule has 5 heteroatoms. The fraction of sp³-hybridized carbons (Fsp3) is 0.0909. The molecule has 0 aliphatic heterocycles. The molecule has 2 rings (SSSR count). The van der Waals surface area contributed by atoms with E-state index in [2.05, 4.69) is 25.7 Å². The topological polar surface area (TPSA) is 39.2 Å². The zero-order chi connectivity index (χ0) is 11.7. The van der Waals surface area contributed by atoms with Crippen molar-refractivity contribution in [1.29, 1.82) is 0 Å². The Morgan fingerprint density at radius 1 is 1.50 bits per heavy atom. The van der Waals surface area contributed by atoms with E-state index >= 15 is 0 Å². The monoisotopic (exact) mass is 283 g/mol. The summed E-state index contributed by atoms with van der Waals surface area (Å²) in [5.41, 5.74) is 0.517. The lowest BCUT2D eigenvalue weighted by Gasteiger charge is -2.03. The number of halogens is 2. The fourth-order valence-corrected chi connectivity index (χ4v) is 1.82. The lowest BCUT2D eigenvalue weighted by molar-refractivity contribution is 0.0600. The number of methoxy groups -OCH3 is 1. The average Bonchev–Trinajstić information content (AvgIpc) is 2.32. The third-order valence-corrected chi connectivity index (χ3v) is 2.86. The number of ether oxygens (including phenoxy) is 1. The number of hydrogen-bond donors (Lipinski definition) is 0. The van der Waals surface area contributed by atoms with Crippen LogP contribution in [0.4, 0.5) is 4.39 Å². The van der Waals surface area contributed by atoms with Gasteiger partial charge in [-0.25, -0.2) is 9.18 Å². The molecule has 82 valence electrons. The van der Waals surface area contributed by atoms with Crippen LogP contribution in [0.5, 0.6) is 0 Å². The van der Waals surface area contributed by atoms with Crippen molar-refractivity contribution in [2.24, 2.45) is 0 Å². The number of hydrogen-bond acceptors (Lipinski definition) is 3. The second-order valence-corrected chi connectivity index (χ2v) is 4.00. The molecule has 0 aliphatic carbocycles. The van der Waals surface area contributed by atoms with Crippen molar-refractivity contribution in [2.75, 3.05) is 7.11 Å². The van der Waals surface area contributed by atoms with Gasteiger partial charge in [0.05, 0.1) is 12.7 Å². The summed E-state index contributed by atoms with van der Waals surface area (Å²) < 4.78 is 18.6. The quantitative estimate of drug-likeness (QED) is 0.756. The standard InChI is InChI=1S/C11H7BrFNO2/c1-16-11(15)6-4-7-8(12)2-3-9(13)10(7)14-5-6/h2-5H,1H3. The minimum Gasteiger partial charge on any atom is -0.465 e. The number of rotatable bonds is 1. The van der Waals surface area contributed by atoms with Crippen LogP contribution in [0.3, 0.4) is 0 Å². The Balaban J connectivity index is 2.70. The Morgan fingerprint density at radius 3 is 2.94 bits per heavy atom. The van der Waals surface area contributed by atoms with E-state index in [0.717, 1.165) is 0 Å². The molecule has 0 radical (unpaired) electrons. The second kappa shape index (κ2) is 4.17. The first kappa shape index (κ1) is 11.0. The van der Waals surface area contributed by atoms with Gasteiger partial charge < -0.3 is 4.74 Å². The van der Waals surface area contributed by atoms with Gasteiger partial charge in [-0.05, 0) is 18.2 Å². The number of carbonyl (C=O) groups excluding carboxylic acids is 1. The number of benzene rings is 1. The fourth-order valence-electron chi connectivity index (χ4n) is 1.38. The molecular weight excluding hydrogens is 277 g/mol. The summed E-state index contributed by atoms with van der Waals surface area (Å²) >= 11 is 3.28. The van der Waals surface area contributed by atoms with E-state index in [1.54, 1.807) is 12.1 Å². The first-order valence-corrected chi connectivity index (χ1v) is 5.25. The van der Waals surface area contributed by atoms with E-state index in [4.69, 9.17) is 0 Å². The van der Waals surface area contributed by atoms with Crippen LogP contribution in [0, 0.1) is 5.82 Å². The Kier molecular flexibility index (Phi) is 2.87. The van der Waals surface area contributed by atoms with Crippen LogP contribution < -0.4 is 0 Å². The second-order valence-electron chi connectivity index (χ2n) is 3.14. The molecule has 16 heavy (non-hydrogen) atoms. The van der Waals surface area contributed by atoms with Gasteiger partial charge in [0.2, 0.25) is 0 Å². The van der Waals surface area contributed by atoms with Gasteiger partial charge in [-0.15, -0.1) is 0 Å². The van der Waals surface area contributed by atoms with Crippen molar-refractivity contribution >= 4 is 32.8 Å². The van der Waals surface area contributed by atoms with Crippen LogP contribution >= 0.6 is 15.9 Å². The van der Waals surface area contributed by atoms with E-state index < -0.39 is 11.8 Å². The Hall–Kier alpha value is -1.49. The van der Waals surface area contributed by atoms with Crippen LogP contribution in [0.15, 0.2) is 28.9 Å². The summed E-state index contributed by atoms with van der Waals surface area (Å²) in [4.78, 5) is 15.2. The molecule has 0 N–H and O–H groups in total. The smallest absolute Gasteiger partial charge is 0.339 e. The molecule has 3 nitrogen and oxygen atoms in total. The zero-order valence-electron chi connectivity index (χ0n) is 8.33. The predicted octanol–water partition coefficient (Wildman–Crippen LogP) is 2.92. The molecule has 0 unspecified atom stereocenters. The molecule has 0 bridgehead atoms. The molecule has 0 aliphatic rings. The first-order valence-electron chi connectivity index (χ1n) is 4.45. The maximum Gasteiger partial charge on any atom is 0.339 e. The van der Waals surface area contributed by atoms with Crippen LogP contribution in [0.1, 0.15) is 10.4 Å². The Bertz CT molecular complexity index is 571. The van der Waals surface area contributed by atoms with Gasteiger partial charge in [0.1, 0.15) is 11.3 Å². The largest absolute Gasteiger partial charge is 0.465 e. The van der Waals surface area contributed by atoms with Crippen LogP contribution in [-0.2, 0) is 4.74 Å². The maximum atomic E-state index is 13.4. The summed E-state index contributed by atoms with van der Waals surface area (Å²) in [5, 5.41) is 0.544. The third kappa shape index (κ3) is 1.78. The number of esters is 1. The van der Waals surface area contributed by atoms with Gasteiger partial charge in [-0.3, -0.25) is 4.98 Å². The van der Waals surface area contributed by atoms with Gasteiger partial charge in [0, 0.05) is 16.1 Å². The summed E-state index contributed by atoms with van der Waals surface area (Å²) in [7, 11) is 1.28. The highest BCUT2D eigenvalue weighted by molar-refractivity contribution is 9.10. The van der Waals surface area contributed by atoms with E-state index in [1.807, 2.05) is 0 Å². The number of aromatic nitrogens is 1. The van der Waals surface area contributed by atoms with E-state index in [9.17, 15) is 9.18 Å². The van der Waals surface area contributed by atoms with Crippen molar-refractivity contribution in [3.8, 4) is 0 Å². The van der Waals surface area contributed by atoms with Crippen LogP contribution in [0.25, 0.3) is 10.9 Å². The summed E-state index contributed by atoms with van der Waals surface area (Å²) in [6, 6.07) is 4.43. The number of nitrogens with zero attached hydrogens (tertiary/aromatic N) is 1. The van der Waals surface area contributed by atoms with E-state index in [1.165, 1.54) is 19.4 Å². The SMILES string of the molecule is COC(=O)c1cnc2c(F)ccc(Br)c2c1. The van der Waals surface area contributed by atoms with Gasteiger partial charge in [0.15, 0.2) is 0 Å². The molecule has 1 aromatic heterocycles. The first-order chi connectivity index (χ1) is 7.63. The minimum atomic E-state index is -0.495. The molecule has 0 spiro atoms. The molecular formula is C11H7BrFNO2. The highest BCUT2D eigenvalue weighted by Gasteiger charge is 2.11. The Labute approximate surface area is 99.4 Å². The molecule has 0 saturated carbocycles. The normalized spacial score (nSPS) is 10.4. The van der Waals surface area contributed by atoms with Crippen molar-refractivity contribution in [3.05, 3.63) is 40.2 Å². The summed E-state index contributed by atoms with van der Waals surface area (Å²) in [6.07, 6.45) is 1.30. The molecule has 0 amide bonds. The molecule has 0 fully saturated rings. The maximum absolute atomic E-state index is 13.4. The van der Waals surface area contributed by atoms with Crippen LogP contribution in [0.2, 0.25) is 0 Å². The lowest BCUT2D eigenvalue weighted by atomic mass is 10.1. The van der Waals surface area contributed by atoms with Crippen molar-refractivity contribution in [1.82, 2.24) is 4.98 Å². The van der Waals surface area contributed by atoms with Crippen molar-refractivity contribution in [3.63, 3.8) is 0 Å². The molecule has 0 saturated heterocycles. The highest BCUT2D eigenvalue weighted by atomic mass is 79.9. The summed E-state index contributed by atoms with van der Waals surface area (Å²) in [5.74, 6) is -0.917. The average molecular weight is 284 g/mol. The number of fused-ring (bicyclic) bond motifs is 1. The van der Waals surface area contributed by atoms with Crippen molar-refractivity contribution in [2.45, 2.75) is 0 Å². The van der Waals surface area contributed by atoms with Gasteiger partial charge in [0.25, 0.3) is 0 Å². The third-order valence-electron chi connectivity index (χ3n) is 2.17. The zero-order valence-corrected chi connectivity index (χ0v) is 9.92. The molecule has 1 heterocycles. The van der Waals surface area contributed by atoms with Gasteiger partial charge in [-0.2, -0.15) is 0 Å². The van der Waals surface area contributed by atoms with Gasteiger partial charge in [-0.1, -0.05) is 15.9 Å². The molecule has 0 atom stereocenters. The molecule has 2 aromatic rings. The van der Waals surface area contributed by atoms with Crippen molar-refractivity contribution < 1.29 is 13.9 Å².